The van der Waals surface area contributed by atoms with Gasteiger partial charge >= 0.3 is 5.51 Å². The molecule has 16 nitrogen and oxygen atoms in total. The van der Waals surface area contributed by atoms with Gasteiger partial charge in [0.2, 0.25) is 11.8 Å². The first kappa shape index (κ1) is 62.8. The molecular weight excluding hydrogens is 1190 g/mol. The molecule has 458 valence electrons. The van der Waals surface area contributed by atoms with Crippen molar-refractivity contribution in [2.24, 2.45) is 5.41 Å². The molecule has 3 saturated heterocycles. The molecule has 5 aromatic carbocycles. The minimum absolute atomic E-state index is 0.0256. The number of imide groups is 1. The fourth-order valence-corrected chi connectivity index (χ4v) is 15.7. The first-order valence-corrected chi connectivity index (χ1v) is 33.4. The van der Waals surface area contributed by atoms with Gasteiger partial charge in [0, 0.05) is 122 Å². The van der Waals surface area contributed by atoms with Crippen LogP contribution in [0, 0.1) is 5.41 Å². The van der Waals surface area contributed by atoms with E-state index in [4.69, 9.17) is 11.6 Å². The highest BCUT2D eigenvalue weighted by atomic mass is 35.5. The summed E-state index contributed by atoms with van der Waals surface area (Å²) in [5.74, 6) is -1.81. The predicted molar refractivity (Wildman–Crippen MR) is 328 cm³/mol. The number of sulfonamides is 1. The SMILES string of the molecule is CC1CN(CC[C@H](CSc2ccccc2)Nc2ccc(S(=O)(=O)NC(=O)c3ccc(N4CCN(CC5=C(c6ccc(Cl)cc6)CCC(C)(C)C5)CC4)cc3)cc2S(=O)(=O)C(F)(F)F)CC(C)N1Cc1ccc2c(c1)CN(C1CCC(=O)NC1=O)C2=O. The molecule has 0 aromatic heterocycles. The Morgan fingerprint density at radius 3 is 2.20 bits per heavy atom. The summed E-state index contributed by atoms with van der Waals surface area (Å²) in [5, 5.41) is 6.11. The minimum Gasteiger partial charge on any atom is -0.380 e. The maximum absolute atomic E-state index is 14.6. The van der Waals surface area contributed by atoms with Gasteiger partial charge in [-0.25, -0.2) is 21.6 Å². The Bertz CT molecular complexity index is 3610. The lowest BCUT2D eigenvalue weighted by Gasteiger charge is -2.45. The van der Waals surface area contributed by atoms with E-state index in [2.05, 4.69) is 70.1 Å². The molecule has 4 aliphatic heterocycles. The largest absolute Gasteiger partial charge is 0.501 e. The summed E-state index contributed by atoms with van der Waals surface area (Å²) >= 11 is 7.65. The summed E-state index contributed by atoms with van der Waals surface area (Å²) in [6.45, 7) is 15.3. The number of alkyl halides is 3. The number of carbonyl (C=O) groups excluding carboxylic acids is 4. The van der Waals surface area contributed by atoms with Crippen LogP contribution >= 0.6 is 23.4 Å². The van der Waals surface area contributed by atoms with E-state index in [-0.39, 0.29) is 54.3 Å². The summed E-state index contributed by atoms with van der Waals surface area (Å²) < 4.78 is 100. The quantitative estimate of drug-likeness (QED) is 0.0523. The molecule has 23 heteroatoms. The van der Waals surface area contributed by atoms with E-state index in [1.54, 1.807) is 18.2 Å². The minimum atomic E-state index is -6.15. The highest BCUT2D eigenvalue weighted by Gasteiger charge is 2.49. The molecule has 3 fully saturated rings. The molecule has 0 bridgehead atoms. The monoisotopic (exact) mass is 1260 g/mol. The molecule has 0 radical (unpaired) electrons. The number of anilines is 2. The predicted octanol–water partition coefficient (Wildman–Crippen LogP) is 9.86. The van der Waals surface area contributed by atoms with E-state index >= 15 is 0 Å². The van der Waals surface area contributed by atoms with Crippen molar-refractivity contribution < 1.29 is 49.2 Å². The number of piperazine rings is 2. The number of nitrogens with zero attached hydrogens (tertiary/aromatic N) is 5. The third kappa shape index (κ3) is 14.5. The Labute approximate surface area is 510 Å². The molecule has 3 unspecified atom stereocenters. The van der Waals surface area contributed by atoms with E-state index in [1.807, 2.05) is 59.3 Å². The number of benzene rings is 5. The van der Waals surface area contributed by atoms with Gasteiger partial charge in [-0.05, 0) is 146 Å². The lowest BCUT2D eigenvalue weighted by Crippen LogP contribution is -2.56. The van der Waals surface area contributed by atoms with Crippen LogP contribution in [0.5, 0.6) is 0 Å². The van der Waals surface area contributed by atoms with Crippen molar-refractivity contribution >= 4 is 83.8 Å². The first-order valence-electron chi connectivity index (χ1n) is 29.1. The number of nitrogens with one attached hydrogen (secondary N) is 3. The molecule has 86 heavy (non-hydrogen) atoms. The molecule has 5 aliphatic rings. The lowest BCUT2D eigenvalue weighted by atomic mass is 9.73. The molecule has 1 aliphatic carbocycles. The number of amides is 4. The van der Waals surface area contributed by atoms with Gasteiger partial charge in [-0.3, -0.25) is 34.3 Å². The Balaban J connectivity index is 0.782. The summed E-state index contributed by atoms with van der Waals surface area (Å²) in [7, 11) is -11.1. The zero-order chi connectivity index (χ0) is 61.3. The Hall–Kier alpha value is -6.27. The van der Waals surface area contributed by atoms with Crippen molar-refractivity contribution in [3.8, 4) is 0 Å². The maximum Gasteiger partial charge on any atom is 0.501 e. The summed E-state index contributed by atoms with van der Waals surface area (Å²) in [5.41, 5.74) is 1.11. The van der Waals surface area contributed by atoms with Gasteiger partial charge in [-0.1, -0.05) is 73.5 Å². The third-order valence-corrected chi connectivity index (χ3v) is 21.5. The normalized spacial score (nSPS) is 21.3. The number of fused-ring (bicyclic) bond motifs is 1. The van der Waals surface area contributed by atoms with Crippen molar-refractivity contribution in [3.63, 3.8) is 0 Å². The van der Waals surface area contributed by atoms with Crippen molar-refractivity contribution in [1.82, 2.24) is 29.6 Å². The Kier molecular flexibility index (Phi) is 18.8. The maximum atomic E-state index is 14.6. The standard InChI is InChI=1S/C63H72ClF3N8O8S3/c1-41-35-72(36-42(2)74(41)37-43-10-20-54-46(32-43)39-75(61(54)79)56-22-23-58(76)69-60(56)78)27-25-49(40-84-51-8-6-5-7-9-51)68-55-21-19-52(33-57(55)85(80,81)63(65,66)67)86(82,83)70-59(77)45-13-17-50(18-14-45)73-30-28-71(29-31-73)38-47-34-62(3,4)26-24-53(47)44-11-15-48(64)16-12-44/h5-21,32-33,41-42,49,56,68H,22-31,34-40H2,1-4H3,(H,70,77)(H,69,76,78)/t41?,42?,49-,56?/m1/s1. The second-order valence-corrected chi connectivity index (χ2v) is 29.2. The van der Waals surface area contributed by atoms with Crippen molar-refractivity contribution in [1.29, 1.82) is 0 Å². The zero-order valence-corrected chi connectivity index (χ0v) is 51.7. The number of sulfone groups is 1. The zero-order valence-electron chi connectivity index (χ0n) is 48.5. The fraction of sp³-hybridized carbons (Fsp3) is 0.429. The number of allylic oxidation sites excluding steroid dienone is 1. The van der Waals surface area contributed by atoms with Gasteiger partial charge in [-0.2, -0.15) is 13.2 Å². The van der Waals surface area contributed by atoms with Crippen LogP contribution < -0.4 is 20.3 Å². The molecule has 10 rings (SSSR count). The molecule has 4 heterocycles. The Morgan fingerprint density at radius 1 is 0.826 bits per heavy atom. The van der Waals surface area contributed by atoms with Crippen LogP contribution in [-0.2, 0) is 42.5 Å². The van der Waals surface area contributed by atoms with Gasteiger partial charge in [0.25, 0.3) is 31.7 Å². The highest BCUT2D eigenvalue weighted by molar-refractivity contribution is 7.99. The Morgan fingerprint density at radius 2 is 1.52 bits per heavy atom. The van der Waals surface area contributed by atoms with Gasteiger partial charge < -0.3 is 20.0 Å². The average molecular weight is 1260 g/mol. The molecule has 4 atom stereocenters. The van der Waals surface area contributed by atoms with E-state index in [0.717, 1.165) is 72.7 Å². The third-order valence-electron chi connectivity index (χ3n) is 17.2. The second kappa shape index (κ2) is 25.8. The van der Waals surface area contributed by atoms with Crippen LogP contribution in [0.3, 0.4) is 0 Å². The summed E-state index contributed by atoms with van der Waals surface area (Å²) in [4.78, 5) is 60.8. The van der Waals surface area contributed by atoms with E-state index in [9.17, 15) is 49.2 Å². The molecule has 5 aromatic rings. The molecule has 3 N–H and O–H groups in total. The number of hydrogen-bond donors (Lipinski definition) is 3. The highest BCUT2D eigenvalue weighted by Crippen LogP contribution is 2.43. The molecule has 0 spiro atoms. The van der Waals surface area contributed by atoms with Crippen LogP contribution in [0.1, 0.15) is 104 Å². The summed E-state index contributed by atoms with van der Waals surface area (Å²) in [6, 6.07) is 30.7. The second-order valence-electron chi connectivity index (χ2n) is 24.1. The summed E-state index contributed by atoms with van der Waals surface area (Å²) in [6.07, 6.45) is 3.90. The molecule has 4 amide bonds. The number of thioether (sulfide) groups is 1. The molecular formula is C63H72ClF3N8O8S3. The van der Waals surface area contributed by atoms with Gasteiger partial charge in [0.1, 0.15) is 10.9 Å². The van der Waals surface area contributed by atoms with Crippen molar-refractivity contribution in [3.05, 3.63) is 154 Å². The van der Waals surface area contributed by atoms with Crippen LogP contribution in [0.4, 0.5) is 24.5 Å². The first-order chi connectivity index (χ1) is 40.8. The van der Waals surface area contributed by atoms with Gasteiger partial charge in [-0.15, -0.1) is 11.8 Å². The fourth-order valence-electron chi connectivity index (χ4n) is 12.6. The van der Waals surface area contributed by atoms with Crippen molar-refractivity contribution in [2.45, 2.75) is 124 Å². The van der Waals surface area contributed by atoms with Gasteiger partial charge in [0.15, 0.2) is 0 Å². The van der Waals surface area contributed by atoms with E-state index < -0.39 is 64.7 Å². The van der Waals surface area contributed by atoms with Gasteiger partial charge in [0.05, 0.1) is 10.6 Å². The van der Waals surface area contributed by atoms with E-state index in [0.29, 0.717) is 68.1 Å². The topological polar surface area (TPSA) is 189 Å². The lowest BCUT2D eigenvalue weighted by molar-refractivity contribution is -0.136. The van der Waals surface area contributed by atoms with Crippen LogP contribution in [0.15, 0.2) is 136 Å². The number of hydrogen-bond acceptors (Lipinski definition) is 14. The number of halogens is 4. The van der Waals surface area contributed by atoms with Crippen LogP contribution in [0.25, 0.3) is 5.57 Å². The number of rotatable bonds is 19. The van der Waals surface area contributed by atoms with Crippen LogP contribution in [0.2, 0.25) is 5.02 Å². The average Bonchev–Trinajstić information content (AvgIpc) is 1.32. The molecule has 0 saturated carbocycles. The van der Waals surface area contributed by atoms with E-state index in [1.165, 1.54) is 45.5 Å². The smallest absolute Gasteiger partial charge is 0.380 e. The van der Waals surface area contributed by atoms with Crippen molar-refractivity contribution in [2.75, 3.05) is 68.3 Å². The number of carbonyl (C=O) groups is 4. The van der Waals surface area contributed by atoms with Crippen LogP contribution in [-0.4, -0.2) is 148 Å². The number of piperidine rings is 1.